The topological polar surface area (TPSA) is 111 Å². The van der Waals surface area contributed by atoms with Crippen LogP contribution in [0.25, 0.3) is 28.1 Å². The van der Waals surface area contributed by atoms with Crippen molar-refractivity contribution in [3.63, 3.8) is 0 Å². The minimum atomic E-state index is -0.727. The van der Waals surface area contributed by atoms with Gasteiger partial charge in [-0.25, -0.2) is 14.4 Å². The zero-order chi connectivity index (χ0) is 26.1. The van der Waals surface area contributed by atoms with E-state index in [0.29, 0.717) is 41.4 Å². The summed E-state index contributed by atoms with van der Waals surface area (Å²) in [7, 11) is 1.63. The number of nitrogens with zero attached hydrogens (tertiary/aromatic N) is 4. The van der Waals surface area contributed by atoms with Crippen LogP contribution in [0.1, 0.15) is 23.6 Å². The summed E-state index contributed by atoms with van der Waals surface area (Å²) >= 11 is 0. The number of aryl methyl sites for hydroxylation is 2. The van der Waals surface area contributed by atoms with Crippen molar-refractivity contribution in [2.75, 3.05) is 18.2 Å². The molecular formula is C28H27FN6O2. The third kappa shape index (κ3) is 4.40. The van der Waals surface area contributed by atoms with E-state index in [1.165, 1.54) is 18.5 Å². The fraction of sp³-hybridized carbons (Fsp3) is 0.179. The van der Waals surface area contributed by atoms with Gasteiger partial charge >= 0.3 is 0 Å². The molecule has 0 amide bonds. The number of fused-ring (bicyclic) bond motifs is 1. The number of halogens is 1. The number of ether oxygens (including phenoxy) is 1. The predicted octanol–water partition coefficient (Wildman–Crippen LogP) is 5.40. The Labute approximate surface area is 213 Å². The molecule has 0 saturated heterocycles. The summed E-state index contributed by atoms with van der Waals surface area (Å²) in [6, 6.07) is 13.9. The number of pyridine rings is 1. The van der Waals surface area contributed by atoms with Crippen molar-refractivity contribution in [2.24, 2.45) is 0 Å². The molecule has 0 atom stereocenters. The van der Waals surface area contributed by atoms with Gasteiger partial charge in [0.25, 0.3) is 0 Å². The standard InChI is InChI=1S/C28H27FN6O2/c1-4-21-25-27(28(34-15-33-25)32-13-17-5-8-20(37-3)9-6-17)35(19-7-10-23(36)22(29)12-19)26(21)24-16(2)11-18(30)14-31-24/h5-12,14-15,36H,4,13,30H2,1-3H3,(H,32,33,34). The van der Waals surface area contributed by atoms with Gasteiger partial charge in [0.1, 0.15) is 17.6 Å². The molecule has 0 fully saturated rings. The van der Waals surface area contributed by atoms with Gasteiger partial charge in [-0.05, 0) is 54.8 Å². The first-order valence-corrected chi connectivity index (χ1v) is 11.9. The summed E-state index contributed by atoms with van der Waals surface area (Å²) in [6.45, 7) is 4.48. The van der Waals surface area contributed by atoms with E-state index in [1.54, 1.807) is 19.4 Å². The van der Waals surface area contributed by atoms with Crippen LogP contribution in [0.5, 0.6) is 11.5 Å². The highest BCUT2D eigenvalue weighted by molar-refractivity contribution is 5.97. The Morgan fingerprint density at radius 2 is 1.86 bits per heavy atom. The molecule has 0 spiro atoms. The van der Waals surface area contributed by atoms with Gasteiger partial charge in [-0.3, -0.25) is 4.98 Å². The van der Waals surface area contributed by atoms with Crippen LogP contribution in [0, 0.1) is 12.7 Å². The first-order chi connectivity index (χ1) is 17.9. The molecular weight excluding hydrogens is 471 g/mol. The SMILES string of the molecule is CCc1c(-c2ncc(N)cc2C)n(-c2ccc(O)c(F)c2)c2c(NCc3ccc(OC)cc3)ncnc12. The monoisotopic (exact) mass is 498 g/mol. The number of nitrogen functional groups attached to an aromatic ring is 1. The Balaban J connectivity index is 1.75. The van der Waals surface area contributed by atoms with Crippen LogP contribution < -0.4 is 15.8 Å². The molecule has 37 heavy (non-hydrogen) atoms. The summed E-state index contributed by atoms with van der Waals surface area (Å²) in [4.78, 5) is 13.8. The molecule has 0 aliphatic rings. The van der Waals surface area contributed by atoms with Crippen molar-refractivity contribution in [1.29, 1.82) is 0 Å². The molecule has 188 valence electrons. The van der Waals surface area contributed by atoms with Gasteiger partial charge in [-0.1, -0.05) is 19.1 Å². The second-order valence-corrected chi connectivity index (χ2v) is 8.71. The highest BCUT2D eigenvalue weighted by Gasteiger charge is 2.25. The number of hydrogen-bond donors (Lipinski definition) is 3. The molecule has 4 N–H and O–H groups in total. The van der Waals surface area contributed by atoms with Crippen molar-refractivity contribution >= 4 is 22.5 Å². The lowest BCUT2D eigenvalue weighted by molar-refractivity contribution is 0.414. The smallest absolute Gasteiger partial charge is 0.166 e. The van der Waals surface area contributed by atoms with Gasteiger partial charge in [0.15, 0.2) is 17.4 Å². The maximum atomic E-state index is 14.6. The minimum Gasteiger partial charge on any atom is -0.505 e. The quantitative estimate of drug-likeness (QED) is 0.275. The van der Waals surface area contributed by atoms with E-state index in [0.717, 1.165) is 33.7 Å². The average Bonchev–Trinajstić information content (AvgIpc) is 3.24. The predicted molar refractivity (Wildman–Crippen MR) is 143 cm³/mol. The lowest BCUT2D eigenvalue weighted by Gasteiger charge is -2.15. The van der Waals surface area contributed by atoms with Crippen LogP contribution >= 0.6 is 0 Å². The van der Waals surface area contributed by atoms with Crippen LogP contribution in [-0.2, 0) is 13.0 Å². The first kappa shape index (κ1) is 24.1. The Bertz CT molecular complexity index is 1600. The Hall–Kier alpha value is -4.66. The van der Waals surface area contributed by atoms with E-state index in [1.807, 2.05) is 48.7 Å². The van der Waals surface area contributed by atoms with E-state index < -0.39 is 11.6 Å². The molecule has 5 rings (SSSR count). The molecule has 0 aliphatic carbocycles. The number of methoxy groups -OCH3 is 1. The lowest BCUT2D eigenvalue weighted by atomic mass is 10.1. The minimum absolute atomic E-state index is 0.423. The third-order valence-electron chi connectivity index (χ3n) is 6.33. The molecule has 3 aromatic heterocycles. The molecule has 0 aliphatic heterocycles. The first-order valence-electron chi connectivity index (χ1n) is 11.9. The lowest BCUT2D eigenvalue weighted by Crippen LogP contribution is -2.06. The average molecular weight is 499 g/mol. The highest BCUT2D eigenvalue weighted by atomic mass is 19.1. The van der Waals surface area contributed by atoms with Gasteiger partial charge in [0, 0.05) is 23.9 Å². The number of aromatic nitrogens is 4. The largest absolute Gasteiger partial charge is 0.505 e. The van der Waals surface area contributed by atoms with Crippen molar-refractivity contribution in [3.8, 4) is 28.6 Å². The normalized spacial score (nSPS) is 11.1. The zero-order valence-corrected chi connectivity index (χ0v) is 20.8. The van der Waals surface area contributed by atoms with Crippen LogP contribution in [0.2, 0.25) is 0 Å². The number of hydrogen-bond acceptors (Lipinski definition) is 7. The summed E-state index contributed by atoms with van der Waals surface area (Å²) < 4.78 is 21.8. The fourth-order valence-electron chi connectivity index (χ4n) is 4.55. The molecule has 9 heteroatoms. The molecule has 3 heterocycles. The van der Waals surface area contributed by atoms with E-state index in [9.17, 15) is 9.50 Å². The number of nitrogens with two attached hydrogens (primary N) is 1. The van der Waals surface area contributed by atoms with Crippen molar-refractivity contribution in [2.45, 2.75) is 26.8 Å². The fourth-order valence-corrected chi connectivity index (χ4v) is 4.55. The van der Waals surface area contributed by atoms with Crippen LogP contribution in [0.4, 0.5) is 15.9 Å². The molecule has 0 saturated carbocycles. The van der Waals surface area contributed by atoms with Crippen LogP contribution in [0.15, 0.2) is 61.1 Å². The van der Waals surface area contributed by atoms with Gasteiger partial charge in [0.2, 0.25) is 0 Å². The number of benzene rings is 2. The number of nitrogens with one attached hydrogen (secondary N) is 1. The van der Waals surface area contributed by atoms with Gasteiger partial charge in [0.05, 0.1) is 35.9 Å². The number of rotatable bonds is 7. The summed E-state index contributed by atoms with van der Waals surface area (Å²) in [5.41, 5.74) is 12.8. The molecule has 2 aromatic carbocycles. The summed E-state index contributed by atoms with van der Waals surface area (Å²) in [6.07, 6.45) is 3.78. The van der Waals surface area contributed by atoms with Crippen molar-refractivity contribution in [3.05, 3.63) is 83.6 Å². The number of aromatic hydroxyl groups is 1. The van der Waals surface area contributed by atoms with Crippen LogP contribution in [0.3, 0.4) is 0 Å². The molecule has 0 radical (unpaired) electrons. The summed E-state index contributed by atoms with van der Waals surface area (Å²) in [5, 5.41) is 13.3. The van der Waals surface area contributed by atoms with Crippen LogP contribution in [-0.4, -0.2) is 31.7 Å². The number of phenols is 1. The maximum absolute atomic E-state index is 14.6. The third-order valence-corrected chi connectivity index (χ3v) is 6.33. The Morgan fingerprint density at radius 3 is 2.54 bits per heavy atom. The second-order valence-electron chi connectivity index (χ2n) is 8.71. The Morgan fingerprint density at radius 1 is 1.08 bits per heavy atom. The maximum Gasteiger partial charge on any atom is 0.166 e. The van der Waals surface area contributed by atoms with Gasteiger partial charge in [-0.2, -0.15) is 0 Å². The summed E-state index contributed by atoms with van der Waals surface area (Å²) in [5.74, 6) is 0.214. The molecule has 0 unspecified atom stereocenters. The number of phenolic OH excluding ortho intramolecular Hbond substituents is 1. The van der Waals surface area contributed by atoms with Crippen molar-refractivity contribution in [1.82, 2.24) is 19.5 Å². The second kappa shape index (κ2) is 9.77. The molecule has 5 aromatic rings. The van der Waals surface area contributed by atoms with E-state index in [-0.39, 0.29) is 0 Å². The highest BCUT2D eigenvalue weighted by Crippen LogP contribution is 2.39. The Kier molecular flexibility index (Phi) is 6.35. The van der Waals surface area contributed by atoms with Gasteiger partial charge < -0.3 is 25.5 Å². The molecule has 8 nitrogen and oxygen atoms in total. The number of anilines is 2. The van der Waals surface area contributed by atoms with E-state index in [4.69, 9.17) is 10.5 Å². The van der Waals surface area contributed by atoms with E-state index in [2.05, 4.69) is 20.3 Å². The zero-order valence-electron chi connectivity index (χ0n) is 20.8. The van der Waals surface area contributed by atoms with Gasteiger partial charge in [-0.15, -0.1) is 0 Å². The molecule has 0 bridgehead atoms. The van der Waals surface area contributed by atoms with E-state index >= 15 is 0 Å². The van der Waals surface area contributed by atoms with Crippen molar-refractivity contribution < 1.29 is 14.2 Å².